The minimum atomic E-state index is 0.440. The number of fused-ring (bicyclic) bond motifs is 1. The minimum Gasteiger partial charge on any atom is -0.300 e. The van der Waals surface area contributed by atoms with Crippen molar-refractivity contribution in [2.75, 3.05) is 13.1 Å². The molecule has 0 amide bonds. The van der Waals surface area contributed by atoms with Gasteiger partial charge in [-0.05, 0) is 11.8 Å². The summed E-state index contributed by atoms with van der Waals surface area (Å²) in [6.07, 6.45) is 2.80. The maximum atomic E-state index is 11.2. The maximum absolute atomic E-state index is 11.2. The summed E-state index contributed by atoms with van der Waals surface area (Å²) in [5.74, 6) is 0.467. The van der Waals surface area contributed by atoms with Gasteiger partial charge in [0.25, 0.3) is 0 Å². The Balaban J connectivity index is 2.07. The van der Waals surface area contributed by atoms with E-state index in [0.29, 0.717) is 17.2 Å². The Hall–Kier alpha value is -0.370. The highest BCUT2D eigenvalue weighted by Crippen LogP contribution is 2.37. The van der Waals surface area contributed by atoms with Crippen molar-refractivity contribution in [1.82, 2.24) is 4.90 Å². The summed E-state index contributed by atoms with van der Waals surface area (Å²) in [4.78, 5) is 13.7. The van der Waals surface area contributed by atoms with Crippen molar-refractivity contribution in [2.45, 2.75) is 39.2 Å². The van der Waals surface area contributed by atoms with Crippen LogP contribution in [-0.4, -0.2) is 29.8 Å². The molecule has 12 heavy (non-hydrogen) atoms. The molecule has 2 fully saturated rings. The summed E-state index contributed by atoms with van der Waals surface area (Å²) in [6.45, 7) is 6.80. The van der Waals surface area contributed by atoms with E-state index in [1.54, 1.807) is 0 Å². The molecule has 0 aromatic rings. The van der Waals surface area contributed by atoms with E-state index in [-0.39, 0.29) is 0 Å². The average molecular weight is 167 g/mol. The molecule has 68 valence electrons. The largest absolute Gasteiger partial charge is 0.300 e. The molecule has 2 heteroatoms. The number of ketones is 1. The highest BCUT2D eigenvalue weighted by atomic mass is 16.1. The first-order chi connectivity index (χ1) is 5.57. The summed E-state index contributed by atoms with van der Waals surface area (Å²) in [7, 11) is 0. The second-order valence-electron chi connectivity index (χ2n) is 4.99. The molecule has 2 rings (SSSR count). The van der Waals surface area contributed by atoms with Crippen LogP contribution in [0.2, 0.25) is 0 Å². The van der Waals surface area contributed by atoms with Crippen molar-refractivity contribution < 1.29 is 4.79 Å². The molecule has 0 N–H and O–H groups in total. The lowest BCUT2D eigenvalue weighted by atomic mass is 9.89. The van der Waals surface area contributed by atoms with Crippen molar-refractivity contribution in [3.8, 4) is 0 Å². The molecule has 2 saturated heterocycles. The summed E-state index contributed by atoms with van der Waals surface area (Å²) in [5, 5.41) is 0. The Morgan fingerprint density at radius 3 is 3.00 bits per heavy atom. The van der Waals surface area contributed by atoms with E-state index in [4.69, 9.17) is 0 Å². The summed E-state index contributed by atoms with van der Waals surface area (Å²) in [6, 6.07) is 0.571. The van der Waals surface area contributed by atoms with Crippen LogP contribution < -0.4 is 0 Å². The molecule has 0 aliphatic carbocycles. The lowest BCUT2D eigenvalue weighted by Crippen LogP contribution is -2.38. The second kappa shape index (κ2) is 2.56. The topological polar surface area (TPSA) is 20.3 Å². The van der Waals surface area contributed by atoms with Gasteiger partial charge >= 0.3 is 0 Å². The number of rotatable bonds is 0. The molecule has 2 aliphatic heterocycles. The number of hydrogen-bond donors (Lipinski definition) is 0. The summed E-state index contributed by atoms with van der Waals surface area (Å²) >= 11 is 0. The number of Topliss-reactive ketones (excluding diaryl/α,β-unsaturated/α-hetero) is 1. The Labute approximate surface area is 73.9 Å². The zero-order valence-corrected chi connectivity index (χ0v) is 7.97. The van der Waals surface area contributed by atoms with E-state index in [0.717, 1.165) is 19.4 Å². The molecule has 0 radical (unpaired) electrons. The van der Waals surface area contributed by atoms with Gasteiger partial charge in [-0.2, -0.15) is 0 Å². The van der Waals surface area contributed by atoms with Crippen LogP contribution in [-0.2, 0) is 4.79 Å². The van der Waals surface area contributed by atoms with Crippen LogP contribution in [0.3, 0.4) is 0 Å². The highest BCUT2D eigenvalue weighted by Gasteiger charge is 2.40. The van der Waals surface area contributed by atoms with Crippen molar-refractivity contribution in [3.63, 3.8) is 0 Å². The first-order valence-electron chi connectivity index (χ1n) is 4.83. The second-order valence-corrected chi connectivity index (χ2v) is 4.99. The lowest BCUT2D eigenvalue weighted by Gasteiger charge is -2.28. The van der Waals surface area contributed by atoms with Crippen molar-refractivity contribution in [1.29, 1.82) is 0 Å². The van der Waals surface area contributed by atoms with Crippen LogP contribution >= 0.6 is 0 Å². The van der Waals surface area contributed by atoms with Crippen LogP contribution in [0, 0.1) is 5.41 Å². The van der Waals surface area contributed by atoms with Gasteiger partial charge in [0.15, 0.2) is 0 Å². The molecule has 0 spiro atoms. The van der Waals surface area contributed by atoms with Crippen LogP contribution in [0.15, 0.2) is 0 Å². The predicted octanol–water partition coefficient (Wildman–Crippen LogP) is 1.45. The van der Waals surface area contributed by atoms with Crippen molar-refractivity contribution >= 4 is 5.78 Å². The molecular formula is C10H17NO. The predicted molar refractivity (Wildman–Crippen MR) is 48.0 cm³/mol. The third kappa shape index (κ3) is 1.40. The van der Waals surface area contributed by atoms with Gasteiger partial charge in [-0.1, -0.05) is 13.8 Å². The standard InChI is InChI=1S/C10H17NO/c1-10(2)6-8-5-9(12)3-4-11(8)7-10/h8H,3-7H2,1-2H3. The van der Waals surface area contributed by atoms with Gasteiger partial charge in [-0.3, -0.25) is 9.69 Å². The van der Waals surface area contributed by atoms with Crippen molar-refractivity contribution in [2.24, 2.45) is 5.41 Å². The number of piperidine rings is 1. The van der Waals surface area contributed by atoms with E-state index < -0.39 is 0 Å². The van der Waals surface area contributed by atoms with E-state index in [2.05, 4.69) is 18.7 Å². The van der Waals surface area contributed by atoms with Gasteiger partial charge in [-0.15, -0.1) is 0 Å². The summed E-state index contributed by atoms with van der Waals surface area (Å²) in [5.41, 5.74) is 0.440. The first kappa shape index (κ1) is 8.24. The molecule has 2 aliphatic rings. The zero-order chi connectivity index (χ0) is 8.77. The molecule has 0 aromatic heterocycles. The van der Waals surface area contributed by atoms with Gasteiger partial charge < -0.3 is 0 Å². The van der Waals surface area contributed by atoms with Gasteiger partial charge in [0, 0.05) is 32.0 Å². The number of hydrogen-bond acceptors (Lipinski definition) is 2. The number of carbonyl (C=O) groups is 1. The van der Waals surface area contributed by atoms with Gasteiger partial charge in [0.05, 0.1) is 0 Å². The monoisotopic (exact) mass is 167 g/mol. The van der Waals surface area contributed by atoms with E-state index >= 15 is 0 Å². The third-order valence-electron chi connectivity index (χ3n) is 3.08. The average Bonchev–Trinajstić information content (AvgIpc) is 2.21. The Bertz CT molecular complexity index is 210. The molecule has 0 bridgehead atoms. The molecular weight excluding hydrogens is 150 g/mol. The molecule has 1 unspecified atom stereocenters. The molecule has 2 nitrogen and oxygen atoms in total. The van der Waals surface area contributed by atoms with Crippen LogP contribution in [0.1, 0.15) is 33.1 Å². The Morgan fingerprint density at radius 1 is 1.50 bits per heavy atom. The quantitative estimate of drug-likeness (QED) is 0.544. The fourth-order valence-electron chi connectivity index (χ4n) is 2.61. The fraction of sp³-hybridized carbons (Fsp3) is 0.900. The maximum Gasteiger partial charge on any atom is 0.135 e. The molecule has 2 heterocycles. The van der Waals surface area contributed by atoms with Crippen LogP contribution in [0.5, 0.6) is 0 Å². The Kier molecular flexibility index (Phi) is 1.76. The summed E-state index contributed by atoms with van der Waals surface area (Å²) < 4.78 is 0. The van der Waals surface area contributed by atoms with Gasteiger partial charge in [-0.25, -0.2) is 0 Å². The first-order valence-corrected chi connectivity index (χ1v) is 4.83. The number of carbonyl (C=O) groups excluding carboxylic acids is 1. The minimum absolute atomic E-state index is 0.440. The van der Waals surface area contributed by atoms with Crippen LogP contribution in [0.25, 0.3) is 0 Å². The Morgan fingerprint density at radius 2 is 2.25 bits per heavy atom. The molecule has 0 aromatic carbocycles. The molecule has 1 atom stereocenters. The van der Waals surface area contributed by atoms with E-state index in [1.165, 1.54) is 13.0 Å². The fourth-order valence-corrected chi connectivity index (χ4v) is 2.61. The number of nitrogens with zero attached hydrogens (tertiary/aromatic N) is 1. The van der Waals surface area contributed by atoms with Gasteiger partial charge in [0.1, 0.15) is 5.78 Å². The molecule has 0 saturated carbocycles. The smallest absolute Gasteiger partial charge is 0.135 e. The normalized spacial score (nSPS) is 35.2. The zero-order valence-electron chi connectivity index (χ0n) is 7.97. The van der Waals surface area contributed by atoms with Crippen molar-refractivity contribution in [3.05, 3.63) is 0 Å². The van der Waals surface area contributed by atoms with E-state index in [1.807, 2.05) is 0 Å². The van der Waals surface area contributed by atoms with E-state index in [9.17, 15) is 4.79 Å². The van der Waals surface area contributed by atoms with Gasteiger partial charge in [0.2, 0.25) is 0 Å². The highest BCUT2D eigenvalue weighted by molar-refractivity contribution is 5.80. The lowest BCUT2D eigenvalue weighted by molar-refractivity contribution is -0.122. The SMILES string of the molecule is CC1(C)CC2CC(=O)CCN2C1. The van der Waals surface area contributed by atoms with Crippen LogP contribution in [0.4, 0.5) is 0 Å². The third-order valence-corrected chi connectivity index (χ3v) is 3.08.